The van der Waals surface area contributed by atoms with Crippen LogP contribution in [0.5, 0.6) is 0 Å². The van der Waals surface area contributed by atoms with Gasteiger partial charge in [-0.25, -0.2) is 9.97 Å². The van der Waals surface area contributed by atoms with Crippen molar-refractivity contribution in [1.82, 2.24) is 15.0 Å². The maximum atomic E-state index is 5.01. The van der Waals surface area contributed by atoms with Gasteiger partial charge in [-0.2, -0.15) is 0 Å². The van der Waals surface area contributed by atoms with Crippen molar-refractivity contribution in [3.63, 3.8) is 0 Å². The van der Waals surface area contributed by atoms with Crippen LogP contribution >= 0.6 is 0 Å². The highest BCUT2D eigenvalue weighted by Gasteiger charge is 2.05. The number of para-hydroxylation sites is 2. The summed E-state index contributed by atoms with van der Waals surface area (Å²) in [5.41, 5.74) is 3.90. The van der Waals surface area contributed by atoms with E-state index in [0.29, 0.717) is 0 Å². The third kappa shape index (κ3) is 2.40. The Kier molecular flexibility index (Phi) is 3.39. The average Bonchev–Trinajstić information content (AvgIpc) is 3.37. The van der Waals surface area contributed by atoms with Gasteiger partial charge < -0.3 is 9.40 Å². The first kappa shape index (κ1) is 14.7. The van der Waals surface area contributed by atoms with Crippen LogP contribution < -0.4 is 0 Å². The minimum atomic E-state index is 0.845. The monoisotopic (exact) mass is 337 g/mol. The van der Waals surface area contributed by atoms with Crippen LogP contribution in [0, 0.1) is 0 Å². The maximum Gasteiger partial charge on any atom is 0.181 e. The highest BCUT2D eigenvalue weighted by molar-refractivity contribution is 6.15. The van der Waals surface area contributed by atoms with Crippen molar-refractivity contribution in [2.24, 2.45) is 0 Å². The molecule has 0 bridgehead atoms. The standard InChI is InChI=1S/C15H10N2.C7H5NO/c1-2-4-11-10(3-1)5-6-13-12(11)7-8-14-15(13)17-9-16-14;1-2-4-7-6(3-1)8-5-9-7/h1-9H,(H,16,17);1-5H. The topological polar surface area (TPSA) is 54.7 Å². The van der Waals surface area contributed by atoms with Crippen molar-refractivity contribution in [3.05, 3.63) is 85.5 Å². The van der Waals surface area contributed by atoms with Crippen LogP contribution in [0.3, 0.4) is 0 Å². The van der Waals surface area contributed by atoms with Gasteiger partial charge in [0.05, 0.1) is 17.4 Å². The number of imidazole rings is 1. The van der Waals surface area contributed by atoms with Crippen LogP contribution in [0.1, 0.15) is 0 Å². The summed E-state index contributed by atoms with van der Waals surface area (Å²) in [4.78, 5) is 11.5. The van der Waals surface area contributed by atoms with E-state index in [2.05, 4.69) is 63.5 Å². The lowest BCUT2D eigenvalue weighted by atomic mass is 10.0. The smallest absolute Gasteiger partial charge is 0.181 e. The largest absolute Gasteiger partial charge is 0.443 e. The number of aromatic amines is 1. The fourth-order valence-electron chi connectivity index (χ4n) is 3.30. The molecule has 0 fully saturated rings. The van der Waals surface area contributed by atoms with Crippen LogP contribution in [-0.2, 0) is 0 Å². The molecule has 0 aliphatic heterocycles. The van der Waals surface area contributed by atoms with Gasteiger partial charge in [-0.3, -0.25) is 0 Å². The SMILES string of the molecule is c1ccc2c(c1)ccc1c2ccc2[nH]cnc21.c1ccc2ocnc2c1. The summed E-state index contributed by atoms with van der Waals surface area (Å²) in [6.45, 7) is 0. The number of hydrogen-bond acceptors (Lipinski definition) is 3. The van der Waals surface area contributed by atoms with E-state index in [4.69, 9.17) is 4.42 Å². The summed E-state index contributed by atoms with van der Waals surface area (Å²) in [5, 5.41) is 5.04. The van der Waals surface area contributed by atoms with E-state index in [1.165, 1.54) is 27.9 Å². The van der Waals surface area contributed by atoms with Gasteiger partial charge in [-0.05, 0) is 34.4 Å². The van der Waals surface area contributed by atoms with Crippen molar-refractivity contribution in [1.29, 1.82) is 0 Å². The first-order valence-electron chi connectivity index (χ1n) is 8.42. The lowest BCUT2D eigenvalue weighted by molar-refractivity contribution is 0.602. The summed E-state index contributed by atoms with van der Waals surface area (Å²) >= 11 is 0. The molecule has 2 aromatic heterocycles. The lowest BCUT2D eigenvalue weighted by Crippen LogP contribution is -1.79. The van der Waals surface area contributed by atoms with E-state index in [-0.39, 0.29) is 0 Å². The predicted octanol–water partition coefficient (Wildman–Crippen LogP) is 5.70. The molecule has 4 aromatic carbocycles. The fourth-order valence-corrected chi connectivity index (χ4v) is 3.30. The van der Waals surface area contributed by atoms with Crippen molar-refractivity contribution >= 4 is 43.7 Å². The molecule has 0 unspecified atom stereocenters. The van der Waals surface area contributed by atoms with Crippen molar-refractivity contribution < 1.29 is 4.42 Å². The van der Waals surface area contributed by atoms with Gasteiger partial charge in [0.15, 0.2) is 12.0 Å². The fraction of sp³-hybridized carbons (Fsp3) is 0. The van der Waals surface area contributed by atoms with Gasteiger partial charge in [0, 0.05) is 5.39 Å². The van der Waals surface area contributed by atoms with Crippen LogP contribution in [0.2, 0.25) is 0 Å². The molecule has 0 saturated carbocycles. The normalized spacial score (nSPS) is 11.1. The summed E-state index contributed by atoms with van der Waals surface area (Å²) in [6.07, 6.45) is 3.20. The Bertz CT molecular complexity index is 1320. The molecular formula is C22H15N3O. The van der Waals surface area contributed by atoms with E-state index in [9.17, 15) is 0 Å². The molecule has 0 aliphatic rings. The third-order valence-corrected chi connectivity index (χ3v) is 4.55. The number of fused-ring (bicyclic) bond motifs is 6. The molecule has 0 amide bonds. The first-order valence-corrected chi connectivity index (χ1v) is 8.42. The van der Waals surface area contributed by atoms with E-state index in [1.807, 2.05) is 24.3 Å². The zero-order valence-electron chi connectivity index (χ0n) is 13.9. The van der Waals surface area contributed by atoms with Gasteiger partial charge in [0.2, 0.25) is 0 Å². The molecule has 6 rings (SSSR count). The first-order chi connectivity index (χ1) is 12.9. The summed E-state index contributed by atoms with van der Waals surface area (Å²) < 4.78 is 5.01. The van der Waals surface area contributed by atoms with Gasteiger partial charge in [0.1, 0.15) is 5.52 Å². The number of rotatable bonds is 0. The molecule has 1 N–H and O–H groups in total. The zero-order chi connectivity index (χ0) is 17.3. The Hall–Kier alpha value is -3.66. The molecule has 0 aliphatic carbocycles. The number of hydrogen-bond donors (Lipinski definition) is 1. The van der Waals surface area contributed by atoms with Gasteiger partial charge >= 0.3 is 0 Å². The van der Waals surface area contributed by atoms with Crippen LogP contribution in [0.4, 0.5) is 0 Å². The van der Waals surface area contributed by atoms with E-state index < -0.39 is 0 Å². The number of nitrogens with one attached hydrogen (secondary N) is 1. The molecule has 4 nitrogen and oxygen atoms in total. The Morgan fingerprint density at radius 1 is 0.692 bits per heavy atom. The second-order valence-electron chi connectivity index (χ2n) is 6.07. The molecule has 4 heteroatoms. The highest BCUT2D eigenvalue weighted by Crippen LogP contribution is 2.29. The maximum absolute atomic E-state index is 5.01. The second kappa shape index (κ2) is 6.01. The van der Waals surface area contributed by atoms with Gasteiger partial charge in [0.25, 0.3) is 0 Å². The van der Waals surface area contributed by atoms with Crippen molar-refractivity contribution in [2.45, 2.75) is 0 Å². The quantitative estimate of drug-likeness (QED) is 0.362. The molecule has 26 heavy (non-hydrogen) atoms. The van der Waals surface area contributed by atoms with E-state index in [1.54, 1.807) is 6.33 Å². The zero-order valence-corrected chi connectivity index (χ0v) is 13.9. The number of nitrogens with zero attached hydrogens (tertiary/aromatic N) is 2. The van der Waals surface area contributed by atoms with Crippen LogP contribution in [0.25, 0.3) is 43.7 Å². The molecule has 0 radical (unpaired) electrons. The van der Waals surface area contributed by atoms with Gasteiger partial charge in [-0.15, -0.1) is 0 Å². The van der Waals surface area contributed by atoms with Crippen molar-refractivity contribution in [2.75, 3.05) is 0 Å². The lowest BCUT2D eigenvalue weighted by Gasteiger charge is -2.03. The Labute approximate surface area is 149 Å². The second-order valence-corrected chi connectivity index (χ2v) is 6.07. The highest BCUT2D eigenvalue weighted by atomic mass is 16.3. The minimum absolute atomic E-state index is 0.845. The molecule has 0 atom stereocenters. The summed E-state index contributed by atoms with van der Waals surface area (Å²) in [5.74, 6) is 0. The Balaban J connectivity index is 0.000000141. The summed E-state index contributed by atoms with van der Waals surface area (Å²) in [6, 6.07) is 24.7. The summed E-state index contributed by atoms with van der Waals surface area (Å²) in [7, 11) is 0. The van der Waals surface area contributed by atoms with Crippen molar-refractivity contribution in [3.8, 4) is 0 Å². The number of benzene rings is 4. The van der Waals surface area contributed by atoms with E-state index in [0.717, 1.165) is 22.1 Å². The third-order valence-electron chi connectivity index (χ3n) is 4.55. The molecule has 0 saturated heterocycles. The number of H-pyrrole nitrogens is 1. The molecule has 2 heterocycles. The predicted molar refractivity (Wildman–Crippen MR) is 105 cm³/mol. The Morgan fingerprint density at radius 2 is 1.54 bits per heavy atom. The van der Waals surface area contributed by atoms with Gasteiger partial charge in [-0.1, -0.05) is 54.6 Å². The Morgan fingerprint density at radius 3 is 2.50 bits per heavy atom. The average molecular weight is 337 g/mol. The van der Waals surface area contributed by atoms with E-state index >= 15 is 0 Å². The van der Waals surface area contributed by atoms with Crippen LogP contribution in [0.15, 0.2) is 89.9 Å². The molecule has 0 spiro atoms. The number of aromatic nitrogens is 3. The number of oxazole rings is 1. The minimum Gasteiger partial charge on any atom is -0.443 e. The molecule has 124 valence electrons. The molecule has 6 aromatic rings. The molecular weight excluding hydrogens is 322 g/mol. The van der Waals surface area contributed by atoms with Crippen LogP contribution in [-0.4, -0.2) is 15.0 Å².